The van der Waals surface area contributed by atoms with Crippen molar-refractivity contribution in [3.05, 3.63) is 70.9 Å². The number of ketones is 1. The summed E-state index contributed by atoms with van der Waals surface area (Å²) in [5, 5.41) is 3.57. The van der Waals surface area contributed by atoms with Crippen LogP contribution in [0.5, 0.6) is 0 Å². The van der Waals surface area contributed by atoms with E-state index in [0.29, 0.717) is 11.1 Å². The number of urea groups is 1. The smallest absolute Gasteiger partial charge is 0.325 e. The summed E-state index contributed by atoms with van der Waals surface area (Å²) in [5.41, 5.74) is 2.80. The first-order valence-corrected chi connectivity index (χ1v) is 10.2. The van der Waals surface area contributed by atoms with E-state index in [-0.39, 0.29) is 12.3 Å². The molecule has 30 heavy (non-hydrogen) atoms. The van der Waals surface area contributed by atoms with Crippen molar-refractivity contribution < 1.29 is 14.4 Å². The summed E-state index contributed by atoms with van der Waals surface area (Å²) < 4.78 is 0. The van der Waals surface area contributed by atoms with Crippen LogP contribution in [0.25, 0.3) is 10.9 Å². The zero-order valence-corrected chi connectivity index (χ0v) is 17.4. The van der Waals surface area contributed by atoms with Crippen LogP contribution in [0.2, 0.25) is 0 Å². The molecule has 6 nitrogen and oxygen atoms in total. The molecule has 1 fully saturated rings. The number of Topliss-reactive ketones (excluding diaryl/α,β-unsaturated/α-hetero) is 1. The second kappa shape index (κ2) is 7.44. The molecule has 154 valence electrons. The first-order chi connectivity index (χ1) is 14.3. The number of hydrogen-bond acceptors (Lipinski definition) is 3. The highest BCUT2D eigenvalue weighted by Crippen LogP contribution is 2.30. The standard InChI is InChI=1S/C24H25N3O3/c1-4-7-16-10-12-17(13-11-16)24(3)22(29)27(23(30)26-24)14-20(28)21-15(2)25-19-9-6-5-8-18(19)21/h5-6,8-13,25H,4,7,14H2,1-3H3,(H,26,30)/t24-/m1/s1. The van der Waals surface area contributed by atoms with E-state index in [2.05, 4.69) is 17.2 Å². The monoisotopic (exact) mass is 403 g/mol. The highest BCUT2D eigenvalue weighted by atomic mass is 16.2. The van der Waals surface area contributed by atoms with E-state index in [1.807, 2.05) is 55.5 Å². The van der Waals surface area contributed by atoms with Gasteiger partial charge in [-0.15, -0.1) is 0 Å². The van der Waals surface area contributed by atoms with E-state index in [1.165, 1.54) is 5.56 Å². The molecule has 1 atom stereocenters. The Balaban J connectivity index is 1.59. The lowest BCUT2D eigenvalue weighted by Gasteiger charge is -2.22. The van der Waals surface area contributed by atoms with Crippen LogP contribution in [-0.4, -0.2) is 34.2 Å². The molecule has 0 unspecified atom stereocenters. The zero-order chi connectivity index (χ0) is 21.5. The highest BCUT2D eigenvalue weighted by Gasteiger charge is 2.49. The van der Waals surface area contributed by atoms with Crippen LogP contribution in [0.3, 0.4) is 0 Å². The van der Waals surface area contributed by atoms with Gasteiger partial charge < -0.3 is 10.3 Å². The van der Waals surface area contributed by atoms with Crippen molar-refractivity contribution in [3.8, 4) is 0 Å². The van der Waals surface area contributed by atoms with Crippen molar-refractivity contribution in [2.45, 2.75) is 39.2 Å². The van der Waals surface area contributed by atoms with Crippen molar-refractivity contribution in [1.82, 2.24) is 15.2 Å². The predicted octanol–water partition coefficient (Wildman–Crippen LogP) is 4.08. The van der Waals surface area contributed by atoms with Gasteiger partial charge in [-0.3, -0.25) is 14.5 Å². The van der Waals surface area contributed by atoms with Crippen LogP contribution in [0.1, 0.15) is 47.4 Å². The van der Waals surface area contributed by atoms with Crippen molar-refractivity contribution in [1.29, 1.82) is 0 Å². The van der Waals surface area contributed by atoms with Gasteiger partial charge in [0.15, 0.2) is 5.78 Å². The lowest BCUT2D eigenvalue weighted by atomic mass is 9.91. The number of carbonyl (C=O) groups excluding carboxylic acids is 3. The molecular weight excluding hydrogens is 378 g/mol. The highest BCUT2D eigenvalue weighted by molar-refractivity contribution is 6.15. The number of nitrogens with one attached hydrogen (secondary N) is 2. The van der Waals surface area contributed by atoms with Gasteiger partial charge in [0.1, 0.15) is 5.54 Å². The molecule has 3 amide bonds. The second-order valence-electron chi connectivity index (χ2n) is 7.99. The Labute approximate surface area is 175 Å². The summed E-state index contributed by atoms with van der Waals surface area (Å²) in [4.78, 5) is 43.1. The number of nitrogens with zero attached hydrogens (tertiary/aromatic N) is 1. The molecule has 4 rings (SSSR count). The molecule has 1 aliphatic heterocycles. The van der Waals surface area contributed by atoms with Gasteiger partial charge >= 0.3 is 6.03 Å². The molecule has 6 heteroatoms. The summed E-state index contributed by atoms with van der Waals surface area (Å²) in [6, 6.07) is 14.7. The molecule has 1 aromatic heterocycles. The minimum absolute atomic E-state index is 0.268. The Morgan fingerprint density at radius 3 is 2.47 bits per heavy atom. The Kier molecular flexibility index (Phi) is 4.94. The molecule has 0 radical (unpaired) electrons. The average molecular weight is 403 g/mol. The number of fused-ring (bicyclic) bond motifs is 1. The van der Waals surface area contributed by atoms with Gasteiger partial charge in [0, 0.05) is 22.2 Å². The van der Waals surface area contributed by atoms with Crippen LogP contribution >= 0.6 is 0 Å². The number of hydrogen-bond donors (Lipinski definition) is 2. The Hall–Kier alpha value is -3.41. The van der Waals surface area contributed by atoms with Crippen LogP contribution in [-0.2, 0) is 16.8 Å². The van der Waals surface area contributed by atoms with Crippen LogP contribution in [0.4, 0.5) is 4.79 Å². The number of carbonyl (C=O) groups is 3. The summed E-state index contributed by atoms with van der Waals surface area (Å²) in [6.07, 6.45) is 2.00. The number of benzene rings is 2. The fraction of sp³-hybridized carbons (Fsp3) is 0.292. The molecule has 0 spiro atoms. The number of rotatable bonds is 6. The van der Waals surface area contributed by atoms with E-state index >= 15 is 0 Å². The van der Waals surface area contributed by atoms with Crippen molar-refractivity contribution in [2.75, 3.05) is 6.54 Å². The van der Waals surface area contributed by atoms with E-state index in [4.69, 9.17) is 0 Å². The number of amides is 3. The number of H-pyrrole nitrogens is 1. The molecular formula is C24H25N3O3. The Morgan fingerprint density at radius 1 is 1.07 bits per heavy atom. The third-order valence-electron chi connectivity index (χ3n) is 5.82. The maximum absolute atomic E-state index is 13.2. The summed E-state index contributed by atoms with van der Waals surface area (Å²) >= 11 is 0. The molecule has 0 saturated carbocycles. The SMILES string of the molecule is CCCc1ccc([C@@]2(C)NC(=O)N(CC(=O)c3c(C)[nH]c4ccccc34)C2=O)cc1. The third-order valence-corrected chi connectivity index (χ3v) is 5.82. The first-order valence-electron chi connectivity index (χ1n) is 10.2. The van der Waals surface area contributed by atoms with Gasteiger partial charge in [0.25, 0.3) is 5.91 Å². The lowest BCUT2D eigenvalue weighted by Crippen LogP contribution is -2.41. The molecule has 2 heterocycles. The third kappa shape index (κ3) is 3.18. The predicted molar refractivity (Wildman–Crippen MR) is 115 cm³/mol. The van der Waals surface area contributed by atoms with Gasteiger partial charge in [-0.25, -0.2) is 4.79 Å². The summed E-state index contributed by atoms with van der Waals surface area (Å²) in [6.45, 7) is 5.32. The van der Waals surface area contributed by atoms with Crippen molar-refractivity contribution >= 4 is 28.6 Å². The van der Waals surface area contributed by atoms with Crippen molar-refractivity contribution in [2.24, 2.45) is 0 Å². The molecule has 1 saturated heterocycles. The molecule has 1 aliphatic rings. The number of imide groups is 1. The number of para-hydroxylation sites is 1. The van der Waals surface area contributed by atoms with E-state index in [1.54, 1.807) is 6.92 Å². The van der Waals surface area contributed by atoms with Gasteiger partial charge in [-0.2, -0.15) is 0 Å². The minimum Gasteiger partial charge on any atom is -0.358 e. The van der Waals surface area contributed by atoms with Gasteiger partial charge in [-0.05, 0) is 37.5 Å². The van der Waals surface area contributed by atoms with Crippen molar-refractivity contribution in [3.63, 3.8) is 0 Å². The number of aromatic amines is 1. The maximum Gasteiger partial charge on any atom is 0.325 e. The molecule has 2 N–H and O–H groups in total. The Morgan fingerprint density at radius 2 is 1.77 bits per heavy atom. The van der Waals surface area contributed by atoms with Crippen LogP contribution < -0.4 is 5.32 Å². The molecule has 2 aromatic carbocycles. The zero-order valence-electron chi connectivity index (χ0n) is 17.4. The Bertz CT molecular complexity index is 1150. The molecule has 0 bridgehead atoms. The first kappa shape index (κ1) is 19.9. The second-order valence-corrected chi connectivity index (χ2v) is 7.99. The van der Waals surface area contributed by atoms with Gasteiger partial charge in [0.05, 0.1) is 6.54 Å². The maximum atomic E-state index is 13.2. The van der Waals surface area contributed by atoms with E-state index in [9.17, 15) is 14.4 Å². The largest absolute Gasteiger partial charge is 0.358 e. The van der Waals surface area contributed by atoms with Crippen LogP contribution in [0.15, 0.2) is 48.5 Å². The summed E-state index contributed by atoms with van der Waals surface area (Å²) in [7, 11) is 0. The normalized spacial score (nSPS) is 18.8. The summed E-state index contributed by atoms with van der Waals surface area (Å²) in [5.74, 6) is -0.683. The number of aromatic nitrogens is 1. The van der Waals surface area contributed by atoms with Gasteiger partial charge in [-0.1, -0.05) is 55.8 Å². The fourth-order valence-corrected chi connectivity index (χ4v) is 4.19. The van der Waals surface area contributed by atoms with Gasteiger partial charge in [0.2, 0.25) is 0 Å². The quantitative estimate of drug-likeness (QED) is 0.481. The molecule has 0 aliphatic carbocycles. The minimum atomic E-state index is -1.18. The van der Waals surface area contributed by atoms with E-state index < -0.39 is 17.5 Å². The fourth-order valence-electron chi connectivity index (χ4n) is 4.19. The average Bonchev–Trinajstić information content (AvgIpc) is 3.17. The lowest BCUT2D eigenvalue weighted by molar-refractivity contribution is -0.130. The topological polar surface area (TPSA) is 82.3 Å². The van der Waals surface area contributed by atoms with E-state index in [0.717, 1.165) is 34.3 Å². The van der Waals surface area contributed by atoms with Crippen LogP contribution in [0, 0.1) is 6.92 Å². The number of aryl methyl sites for hydroxylation is 2. The molecule has 3 aromatic rings.